The van der Waals surface area contributed by atoms with E-state index >= 15 is 0 Å². The monoisotopic (exact) mass is 332 g/mol. The first kappa shape index (κ1) is 16.8. The van der Waals surface area contributed by atoms with Crippen LogP contribution < -0.4 is 10.1 Å². The van der Waals surface area contributed by atoms with Crippen molar-refractivity contribution >= 4 is 29.1 Å². The van der Waals surface area contributed by atoms with Crippen LogP contribution in [0.25, 0.3) is 0 Å². The van der Waals surface area contributed by atoms with Gasteiger partial charge in [0.1, 0.15) is 5.75 Å². The van der Waals surface area contributed by atoms with Gasteiger partial charge in [0.05, 0.1) is 13.7 Å². The molecule has 23 heavy (non-hydrogen) atoms. The molecule has 2 aromatic carbocycles. The quantitative estimate of drug-likeness (QED) is 0.915. The van der Waals surface area contributed by atoms with Gasteiger partial charge in [-0.2, -0.15) is 0 Å². The van der Waals surface area contributed by atoms with Gasteiger partial charge in [0.25, 0.3) is 5.91 Å². The van der Waals surface area contributed by atoms with Crippen molar-refractivity contribution < 1.29 is 14.3 Å². The average molecular weight is 333 g/mol. The summed E-state index contributed by atoms with van der Waals surface area (Å²) in [4.78, 5) is 25.6. The number of nitrogens with one attached hydrogen (secondary N) is 1. The molecular weight excluding hydrogens is 316 g/mol. The molecule has 1 N–H and O–H groups in total. The Balaban J connectivity index is 1.94. The second-order valence-electron chi connectivity index (χ2n) is 4.95. The first-order chi connectivity index (χ1) is 11.0. The van der Waals surface area contributed by atoms with E-state index in [0.717, 1.165) is 0 Å². The van der Waals surface area contributed by atoms with E-state index in [1.807, 2.05) is 0 Å². The number of nitrogens with zero attached hydrogens (tertiary/aromatic N) is 1. The van der Waals surface area contributed by atoms with Crippen molar-refractivity contribution in [3.05, 3.63) is 59.1 Å². The van der Waals surface area contributed by atoms with Crippen LogP contribution in [-0.2, 0) is 4.79 Å². The Morgan fingerprint density at radius 3 is 2.48 bits per heavy atom. The molecule has 0 unspecified atom stereocenters. The maximum absolute atomic E-state index is 12.2. The Kier molecular flexibility index (Phi) is 5.60. The summed E-state index contributed by atoms with van der Waals surface area (Å²) < 4.78 is 5.05. The molecule has 0 aliphatic rings. The van der Waals surface area contributed by atoms with Gasteiger partial charge in [-0.1, -0.05) is 17.7 Å². The van der Waals surface area contributed by atoms with Crippen molar-refractivity contribution in [2.24, 2.45) is 0 Å². The maximum atomic E-state index is 12.2. The normalized spacial score (nSPS) is 10.0. The number of hydrogen-bond donors (Lipinski definition) is 1. The first-order valence-corrected chi connectivity index (χ1v) is 7.32. The lowest BCUT2D eigenvalue weighted by atomic mass is 10.2. The highest BCUT2D eigenvalue weighted by Gasteiger charge is 2.15. The van der Waals surface area contributed by atoms with Crippen LogP contribution in [-0.4, -0.2) is 37.4 Å². The minimum atomic E-state index is -0.284. The van der Waals surface area contributed by atoms with Crippen LogP contribution in [0.5, 0.6) is 5.75 Å². The number of likely N-dealkylation sites (N-methyl/N-ethyl adjacent to an activating group) is 1. The molecule has 0 saturated carbocycles. The fourth-order valence-corrected chi connectivity index (χ4v) is 2.19. The van der Waals surface area contributed by atoms with Crippen LogP contribution in [0.3, 0.4) is 0 Å². The third-order valence-electron chi connectivity index (χ3n) is 3.17. The fourth-order valence-electron chi connectivity index (χ4n) is 2.00. The second-order valence-corrected chi connectivity index (χ2v) is 5.38. The number of amides is 2. The summed E-state index contributed by atoms with van der Waals surface area (Å²) in [5.41, 5.74) is 1.08. The molecule has 0 bridgehead atoms. The Bertz CT molecular complexity index is 701. The molecule has 6 heteroatoms. The summed E-state index contributed by atoms with van der Waals surface area (Å²) in [6.45, 7) is -0.0582. The van der Waals surface area contributed by atoms with Crippen LogP contribution in [0.15, 0.2) is 48.5 Å². The lowest BCUT2D eigenvalue weighted by Gasteiger charge is -2.17. The number of rotatable bonds is 5. The molecule has 0 aliphatic carbocycles. The first-order valence-electron chi connectivity index (χ1n) is 6.94. The summed E-state index contributed by atoms with van der Waals surface area (Å²) in [6.07, 6.45) is 0. The highest BCUT2D eigenvalue weighted by molar-refractivity contribution is 6.31. The molecule has 0 atom stereocenters. The van der Waals surface area contributed by atoms with Gasteiger partial charge in [0.2, 0.25) is 5.91 Å². The van der Waals surface area contributed by atoms with Gasteiger partial charge >= 0.3 is 0 Å². The zero-order valence-corrected chi connectivity index (χ0v) is 13.6. The number of anilines is 1. The van der Waals surface area contributed by atoms with E-state index < -0.39 is 0 Å². The zero-order valence-electron chi connectivity index (χ0n) is 12.9. The van der Waals surface area contributed by atoms with Gasteiger partial charge in [0.15, 0.2) is 0 Å². The van der Waals surface area contributed by atoms with Gasteiger partial charge in [0, 0.05) is 23.3 Å². The van der Waals surface area contributed by atoms with Crippen molar-refractivity contribution in [2.45, 2.75) is 0 Å². The molecule has 5 nitrogen and oxygen atoms in total. The van der Waals surface area contributed by atoms with Crippen molar-refractivity contribution in [1.82, 2.24) is 4.90 Å². The van der Waals surface area contributed by atoms with Crippen LogP contribution >= 0.6 is 11.6 Å². The average Bonchev–Trinajstić information content (AvgIpc) is 2.54. The molecule has 2 aromatic rings. The molecule has 0 spiro atoms. The Labute approximate surface area is 139 Å². The predicted molar refractivity (Wildman–Crippen MR) is 90.0 cm³/mol. The molecule has 2 rings (SSSR count). The van der Waals surface area contributed by atoms with E-state index in [4.69, 9.17) is 16.3 Å². The Morgan fingerprint density at radius 2 is 1.87 bits per heavy atom. The maximum Gasteiger partial charge on any atom is 0.254 e. The molecule has 2 amide bonds. The van der Waals surface area contributed by atoms with Gasteiger partial charge in [-0.15, -0.1) is 0 Å². The molecule has 0 saturated heterocycles. The number of halogens is 1. The third-order valence-corrected chi connectivity index (χ3v) is 3.41. The molecule has 0 heterocycles. The number of benzene rings is 2. The smallest absolute Gasteiger partial charge is 0.254 e. The number of methoxy groups -OCH3 is 1. The molecule has 120 valence electrons. The summed E-state index contributed by atoms with van der Waals surface area (Å²) in [5, 5.41) is 3.21. The summed E-state index contributed by atoms with van der Waals surface area (Å²) in [6, 6.07) is 13.6. The van der Waals surface area contributed by atoms with E-state index in [9.17, 15) is 9.59 Å². The summed E-state index contributed by atoms with van der Waals surface area (Å²) in [7, 11) is 3.14. The van der Waals surface area contributed by atoms with E-state index in [0.29, 0.717) is 22.0 Å². The lowest BCUT2D eigenvalue weighted by Crippen LogP contribution is -2.34. The molecule has 0 aromatic heterocycles. The van der Waals surface area contributed by atoms with E-state index in [1.165, 1.54) is 4.90 Å². The molecular formula is C17H17ClN2O3. The van der Waals surface area contributed by atoms with Gasteiger partial charge < -0.3 is 15.0 Å². The summed E-state index contributed by atoms with van der Waals surface area (Å²) in [5.74, 6) is 0.154. The summed E-state index contributed by atoms with van der Waals surface area (Å²) >= 11 is 5.87. The zero-order chi connectivity index (χ0) is 16.8. The topological polar surface area (TPSA) is 58.6 Å². The molecule has 0 aliphatic heterocycles. The van der Waals surface area contributed by atoms with E-state index in [1.54, 1.807) is 62.7 Å². The number of hydrogen-bond acceptors (Lipinski definition) is 3. The highest BCUT2D eigenvalue weighted by atomic mass is 35.5. The highest BCUT2D eigenvalue weighted by Crippen LogP contribution is 2.15. The van der Waals surface area contributed by atoms with E-state index in [2.05, 4.69) is 5.32 Å². The third kappa shape index (κ3) is 4.72. The molecule has 0 fully saturated rings. The number of carbonyl (C=O) groups excluding carboxylic acids is 2. The standard InChI is InChI=1S/C17H17ClN2O3/c1-20(17(22)12-4-3-5-13(18)10-12)11-16(21)19-14-6-8-15(23-2)9-7-14/h3-10H,11H2,1-2H3,(H,19,21). The van der Waals surface area contributed by atoms with Crippen LogP contribution in [0.4, 0.5) is 5.69 Å². The second kappa shape index (κ2) is 7.65. The number of ether oxygens (including phenoxy) is 1. The van der Waals surface area contributed by atoms with Gasteiger partial charge in [-0.05, 0) is 42.5 Å². The van der Waals surface area contributed by atoms with Crippen LogP contribution in [0.2, 0.25) is 5.02 Å². The Morgan fingerprint density at radius 1 is 1.17 bits per heavy atom. The van der Waals surface area contributed by atoms with Crippen LogP contribution in [0.1, 0.15) is 10.4 Å². The van der Waals surface area contributed by atoms with Crippen molar-refractivity contribution in [2.75, 3.05) is 26.0 Å². The predicted octanol–water partition coefficient (Wildman–Crippen LogP) is 3.06. The van der Waals surface area contributed by atoms with Crippen molar-refractivity contribution in [3.8, 4) is 5.75 Å². The van der Waals surface area contributed by atoms with E-state index in [-0.39, 0.29) is 18.4 Å². The van der Waals surface area contributed by atoms with Crippen molar-refractivity contribution in [1.29, 1.82) is 0 Å². The lowest BCUT2D eigenvalue weighted by molar-refractivity contribution is -0.116. The fraction of sp³-hybridized carbons (Fsp3) is 0.176. The molecule has 0 radical (unpaired) electrons. The van der Waals surface area contributed by atoms with Crippen molar-refractivity contribution in [3.63, 3.8) is 0 Å². The largest absolute Gasteiger partial charge is 0.497 e. The number of carbonyl (C=O) groups is 2. The Hall–Kier alpha value is -2.53. The van der Waals surface area contributed by atoms with Gasteiger partial charge in [-0.25, -0.2) is 0 Å². The SMILES string of the molecule is COc1ccc(NC(=O)CN(C)C(=O)c2cccc(Cl)c2)cc1. The minimum Gasteiger partial charge on any atom is -0.497 e. The van der Waals surface area contributed by atoms with Gasteiger partial charge in [-0.3, -0.25) is 9.59 Å². The van der Waals surface area contributed by atoms with Crippen LogP contribution in [0, 0.1) is 0 Å². The minimum absolute atomic E-state index is 0.0582.